The number of ether oxygens (including phenoxy) is 2. The summed E-state index contributed by atoms with van der Waals surface area (Å²) in [5.41, 5.74) is 0. The molecule has 0 aliphatic carbocycles. The fourth-order valence-electron chi connectivity index (χ4n) is 1.46. The van der Waals surface area contributed by atoms with Gasteiger partial charge in [0.2, 0.25) is 0 Å². The minimum atomic E-state index is 0.0632. The lowest BCUT2D eigenvalue weighted by atomic mass is 10.2. The van der Waals surface area contributed by atoms with Crippen molar-refractivity contribution in [3.63, 3.8) is 0 Å². The molecule has 2 rings (SSSR count). The summed E-state index contributed by atoms with van der Waals surface area (Å²) < 4.78 is 11.3. The molecule has 1 aromatic rings. The van der Waals surface area contributed by atoms with E-state index in [0.717, 1.165) is 24.6 Å². The average molecular weight is 204 g/mol. The standard InChI is InChI=1S/C12H14NO2/c1-2-7-13-8-10-9-14-11-5-3-4-6-12(11)15-10/h2-3,5-6,10,13H,1,7-9H2. The number of nitrogens with one attached hydrogen (secondary N) is 1. The van der Waals surface area contributed by atoms with Gasteiger partial charge in [0.25, 0.3) is 0 Å². The summed E-state index contributed by atoms with van der Waals surface area (Å²) in [5.74, 6) is 1.57. The Morgan fingerprint density at radius 1 is 1.60 bits per heavy atom. The van der Waals surface area contributed by atoms with Crippen LogP contribution in [0.1, 0.15) is 0 Å². The SMILES string of the molecule is C=CCNCC1COc2cc[c]cc2O1. The summed E-state index contributed by atoms with van der Waals surface area (Å²) in [6, 6.07) is 8.45. The van der Waals surface area contributed by atoms with Crippen molar-refractivity contribution in [1.82, 2.24) is 5.32 Å². The third-order valence-corrected chi connectivity index (χ3v) is 2.17. The van der Waals surface area contributed by atoms with Gasteiger partial charge in [-0.3, -0.25) is 0 Å². The van der Waals surface area contributed by atoms with E-state index >= 15 is 0 Å². The smallest absolute Gasteiger partial charge is 0.162 e. The van der Waals surface area contributed by atoms with Crippen molar-refractivity contribution in [1.29, 1.82) is 0 Å². The molecule has 15 heavy (non-hydrogen) atoms. The van der Waals surface area contributed by atoms with Gasteiger partial charge >= 0.3 is 0 Å². The first-order valence-corrected chi connectivity index (χ1v) is 5.01. The van der Waals surface area contributed by atoms with Crippen molar-refractivity contribution in [2.24, 2.45) is 0 Å². The molecule has 1 aromatic carbocycles. The normalized spacial score (nSPS) is 18.5. The van der Waals surface area contributed by atoms with Crippen LogP contribution in [0.3, 0.4) is 0 Å². The van der Waals surface area contributed by atoms with Gasteiger partial charge in [-0.05, 0) is 18.2 Å². The molecule has 0 saturated heterocycles. The van der Waals surface area contributed by atoms with Crippen LogP contribution in [0.5, 0.6) is 11.5 Å². The fraction of sp³-hybridized carbons (Fsp3) is 0.333. The number of fused-ring (bicyclic) bond motifs is 1. The van der Waals surface area contributed by atoms with Crippen molar-refractivity contribution in [3.8, 4) is 11.5 Å². The summed E-state index contributed by atoms with van der Waals surface area (Å²) >= 11 is 0. The molecule has 1 unspecified atom stereocenters. The Balaban J connectivity index is 1.91. The van der Waals surface area contributed by atoms with Crippen molar-refractivity contribution in [2.75, 3.05) is 19.7 Å². The number of rotatable bonds is 4. The van der Waals surface area contributed by atoms with Crippen LogP contribution in [0, 0.1) is 6.07 Å². The maximum absolute atomic E-state index is 5.73. The van der Waals surface area contributed by atoms with Crippen molar-refractivity contribution >= 4 is 0 Å². The second-order valence-electron chi connectivity index (χ2n) is 3.37. The predicted molar refractivity (Wildman–Crippen MR) is 58.3 cm³/mol. The second-order valence-corrected chi connectivity index (χ2v) is 3.37. The molecule has 1 heterocycles. The van der Waals surface area contributed by atoms with E-state index < -0.39 is 0 Å². The summed E-state index contributed by atoms with van der Waals surface area (Å²) in [5, 5.41) is 3.20. The second kappa shape index (κ2) is 4.84. The molecule has 0 fully saturated rings. The summed E-state index contributed by atoms with van der Waals surface area (Å²) in [6.07, 6.45) is 1.89. The van der Waals surface area contributed by atoms with E-state index in [4.69, 9.17) is 9.47 Å². The van der Waals surface area contributed by atoms with Crippen LogP contribution in [0.2, 0.25) is 0 Å². The van der Waals surface area contributed by atoms with E-state index in [1.807, 2.05) is 18.2 Å². The minimum Gasteiger partial charge on any atom is -0.486 e. The quantitative estimate of drug-likeness (QED) is 0.594. The van der Waals surface area contributed by atoms with E-state index in [9.17, 15) is 0 Å². The van der Waals surface area contributed by atoms with Crippen LogP contribution in [0.25, 0.3) is 0 Å². The molecule has 0 amide bonds. The van der Waals surface area contributed by atoms with E-state index in [0.29, 0.717) is 6.61 Å². The van der Waals surface area contributed by atoms with Gasteiger partial charge in [0.05, 0.1) is 0 Å². The molecule has 1 atom stereocenters. The Morgan fingerprint density at radius 2 is 2.53 bits per heavy atom. The maximum Gasteiger partial charge on any atom is 0.162 e. The highest BCUT2D eigenvalue weighted by molar-refractivity contribution is 5.40. The monoisotopic (exact) mass is 204 g/mol. The minimum absolute atomic E-state index is 0.0632. The number of hydrogen-bond acceptors (Lipinski definition) is 3. The molecule has 1 N–H and O–H groups in total. The Morgan fingerprint density at radius 3 is 3.40 bits per heavy atom. The van der Waals surface area contributed by atoms with Crippen LogP contribution in [0.4, 0.5) is 0 Å². The first kappa shape index (κ1) is 10.1. The maximum atomic E-state index is 5.73. The lowest BCUT2D eigenvalue weighted by molar-refractivity contribution is 0.0911. The first-order valence-electron chi connectivity index (χ1n) is 5.01. The third kappa shape index (κ3) is 2.50. The van der Waals surface area contributed by atoms with Crippen LogP contribution < -0.4 is 14.8 Å². The van der Waals surface area contributed by atoms with Gasteiger partial charge in [0.1, 0.15) is 12.7 Å². The van der Waals surface area contributed by atoms with Gasteiger partial charge in [-0.15, -0.1) is 6.58 Å². The molecule has 0 bridgehead atoms. The molecule has 79 valence electrons. The van der Waals surface area contributed by atoms with E-state index in [-0.39, 0.29) is 6.10 Å². The lowest BCUT2D eigenvalue weighted by Gasteiger charge is -2.26. The third-order valence-electron chi connectivity index (χ3n) is 2.17. The predicted octanol–water partition coefficient (Wildman–Crippen LogP) is 1.40. The van der Waals surface area contributed by atoms with Crippen LogP contribution in [-0.2, 0) is 0 Å². The van der Waals surface area contributed by atoms with Crippen molar-refractivity contribution < 1.29 is 9.47 Å². The Labute approximate surface area is 89.7 Å². The fourth-order valence-corrected chi connectivity index (χ4v) is 1.46. The highest BCUT2D eigenvalue weighted by Gasteiger charge is 2.19. The van der Waals surface area contributed by atoms with Crippen LogP contribution >= 0.6 is 0 Å². The molecule has 1 aliphatic rings. The highest BCUT2D eigenvalue weighted by Crippen LogP contribution is 2.30. The zero-order chi connectivity index (χ0) is 10.5. The van der Waals surface area contributed by atoms with Crippen LogP contribution in [0.15, 0.2) is 30.9 Å². The topological polar surface area (TPSA) is 30.5 Å². The van der Waals surface area contributed by atoms with Gasteiger partial charge in [0, 0.05) is 13.1 Å². The number of hydrogen-bond donors (Lipinski definition) is 1. The molecule has 0 spiro atoms. The van der Waals surface area contributed by atoms with Crippen LogP contribution in [-0.4, -0.2) is 25.8 Å². The summed E-state index contributed by atoms with van der Waals surface area (Å²) in [7, 11) is 0. The molecular weight excluding hydrogens is 190 g/mol. The zero-order valence-corrected chi connectivity index (χ0v) is 8.53. The molecule has 3 nitrogen and oxygen atoms in total. The van der Waals surface area contributed by atoms with Gasteiger partial charge < -0.3 is 14.8 Å². The first-order chi connectivity index (χ1) is 7.40. The molecule has 1 aliphatic heterocycles. The molecule has 1 radical (unpaired) electrons. The van der Waals surface area contributed by atoms with Gasteiger partial charge in [-0.25, -0.2) is 0 Å². The number of benzene rings is 1. The average Bonchev–Trinajstić information content (AvgIpc) is 2.29. The lowest BCUT2D eigenvalue weighted by Crippen LogP contribution is -2.38. The van der Waals surface area contributed by atoms with Gasteiger partial charge in [-0.2, -0.15) is 0 Å². The Bertz CT molecular complexity index is 338. The van der Waals surface area contributed by atoms with E-state index in [1.165, 1.54) is 0 Å². The van der Waals surface area contributed by atoms with Crippen molar-refractivity contribution in [3.05, 3.63) is 36.9 Å². The molecule has 3 heteroatoms. The Kier molecular flexibility index (Phi) is 3.25. The highest BCUT2D eigenvalue weighted by atomic mass is 16.6. The molecule has 0 saturated carbocycles. The zero-order valence-electron chi connectivity index (χ0n) is 8.53. The van der Waals surface area contributed by atoms with Gasteiger partial charge in [0.15, 0.2) is 11.5 Å². The summed E-state index contributed by atoms with van der Waals surface area (Å²) in [4.78, 5) is 0. The van der Waals surface area contributed by atoms with Crippen molar-refractivity contribution in [2.45, 2.75) is 6.10 Å². The molecule has 0 aromatic heterocycles. The van der Waals surface area contributed by atoms with E-state index in [2.05, 4.69) is 18.0 Å². The summed E-state index contributed by atoms with van der Waals surface area (Å²) in [6.45, 7) is 5.77. The van der Waals surface area contributed by atoms with E-state index in [1.54, 1.807) is 6.07 Å². The Hall–Kier alpha value is -1.48. The largest absolute Gasteiger partial charge is 0.486 e. The van der Waals surface area contributed by atoms with Gasteiger partial charge in [-0.1, -0.05) is 12.1 Å². The molecular formula is C12H14NO2.